The highest BCUT2D eigenvalue weighted by Gasteiger charge is 2.53. The average molecular weight is 423 g/mol. The molecule has 0 radical (unpaired) electrons. The standard InChI is InChI=1S/C20H26N2O6S/c1-20-8-6-18(24)22(20)14(12-29-20)19(25)28-11-17(23)21-9-7-13-4-5-15(26-2)16(10-13)27-3/h4-5,10,14H,6-9,11-12H2,1-3H3,(H,21,23)/t14-,20+/m0/s1. The van der Waals surface area contributed by atoms with Gasteiger partial charge in [-0.2, -0.15) is 0 Å². The molecule has 0 bridgehead atoms. The summed E-state index contributed by atoms with van der Waals surface area (Å²) >= 11 is 1.59. The Morgan fingerprint density at radius 1 is 1.28 bits per heavy atom. The van der Waals surface area contributed by atoms with Gasteiger partial charge in [0, 0.05) is 18.7 Å². The van der Waals surface area contributed by atoms with Crippen molar-refractivity contribution in [2.75, 3.05) is 33.1 Å². The van der Waals surface area contributed by atoms with E-state index in [1.807, 2.05) is 25.1 Å². The Morgan fingerprint density at radius 3 is 2.76 bits per heavy atom. The van der Waals surface area contributed by atoms with E-state index in [2.05, 4.69) is 5.32 Å². The normalized spacial score (nSPS) is 22.9. The monoisotopic (exact) mass is 422 g/mol. The van der Waals surface area contributed by atoms with Crippen molar-refractivity contribution >= 4 is 29.5 Å². The molecule has 2 aliphatic heterocycles. The number of rotatable bonds is 8. The molecule has 0 unspecified atom stereocenters. The van der Waals surface area contributed by atoms with Gasteiger partial charge < -0.3 is 24.4 Å². The number of esters is 1. The number of thioether (sulfide) groups is 1. The number of nitrogens with one attached hydrogen (secondary N) is 1. The van der Waals surface area contributed by atoms with E-state index < -0.39 is 12.0 Å². The smallest absolute Gasteiger partial charge is 0.330 e. The van der Waals surface area contributed by atoms with Gasteiger partial charge in [0.25, 0.3) is 5.91 Å². The van der Waals surface area contributed by atoms with Gasteiger partial charge in [-0.1, -0.05) is 6.07 Å². The van der Waals surface area contributed by atoms with Crippen LogP contribution in [0.2, 0.25) is 0 Å². The van der Waals surface area contributed by atoms with Gasteiger partial charge in [-0.05, 0) is 37.5 Å². The molecule has 9 heteroatoms. The summed E-state index contributed by atoms with van der Waals surface area (Å²) in [6, 6.07) is 4.95. The van der Waals surface area contributed by atoms with Crippen molar-refractivity contribution in [3.63, 3.8) is 0 Å². The molecule has 0 aromatic heterocycles. The molecule has 29 heavy (non-hydrogen) atoms. The molecule has 1 aromatic rings. The third kappa shape index (κ3) is 4.60. The summed E-state index contributed by atoms with van der Waals surface area (Å²) in [5.74, 6) is 0.848. The van der Waals surface area contributed by atoms with E-state index >= 15 is 0 Å². The van der Waals surface area contributed by atoms with E-state index in [9.17, 15) is 14.4 Å². The number of benzene rings is 1. The highest BCUT2D eigenvalue weighted by atomic mass is 32.2. The topological polar surface area (TPSA) is 94.2 Å². The van der Waals surface area contributed by atoms with Crippen LogP contribution >= 0.6 is 11.8 Å². The van der Waals surface area contributed by atoms with Crippen molar-refractivity contribution in [2.24, 2.45) is 0 Å². The summed E-state index contributed by atoms with van der Waals surface area (Å²) < 4.78 is 15.6. The molecule has 2 aliphatic rings. The number of hydrogen-bond donors (Lipinski definition) is 1. The lowest BCUT2D eigenvalue weighted by Gasteiger charge is -2.29. The number of methoxy groups -OCH3 is 2. The zero-order chi connectivity index (χ0) is 21.0. The highest BCUT2D eigenvalue weighted by molar-refractivity contribution is 8.01. The molecule has 2 atom stereocenters. The van der Waals surface area contributed by atoms with E-state index in [1.54, 1.807) is 30.9 Å². The Labute approximate surface area is 174 Å². The van der Waals surface area contributed by atoms with Crippen LogP contribution in [0.25, 0.3) is 0 Å². The minimum Gasteiger partial charge on any atom is -0.493 e. The second kappa shape index (κ2) is 8.94. The first-order chi connectivity index (χ1) is 13.9. The third-order valence-electron chi connectivity index (χ3n) is 5.25. The Hall–Kier alpha value is -2.42. The van der Waals surface area contributed by atoms with Crippen LogP contribution in [0.15, 0.2) is 18.2 Å². The third-order valence-corrected chi connectivity index (χ3v) is 6.75. The lowest BCUT2D eigenvalue weighted by molar-refractivity contribution is -0.156. The van der Waals surface area contributed by atoms with Crippen LogP contribution in [0.3, 0.4) is 0 Å². The van der Waals surface area contributed by atoms with Crippen molar-refractivity contribution in [3.05, 3.63) is 23.8 Å². The summed E-state index contributed by atoms with van der Waals surface area (Å²) in [5.41, 5.74) is 0.981. The van der Waals surface area contributed by atoms with Crippen molar-refractivity contribution in [1.29, 1.82) is 0 Å². The van der Waals surface area contributed by atoms with E-state index in [0.29, 0.717) is 36.6 Å². The fourth-order valence-electron chi connectivity index (χ4n) is 3.66. The molecule has 2 fully saturated rings. The summed E-state index contributed by atoms with van der Waals surface area (Å²) in [7, 11) is 3.14. The molecule has 2 heterocycles. The summed E-state index contributed by atoms with van der Waals surface area (Å²) in [6.45, 7) is 2.01. The van der Waals surface area contributed by atoms with Gasteiger partial charge in [-0.25, -0.2) is 4.79 Å². The number of ether oxygens (including phenoxy) is 3. The maximum Gasteiger partial charge on any atom is 0.330 e. The van der Waals surface area contributed by atoms with Gasteiger partial charge in [0.1, 0.15) is 6.04 Å². The fraction of sp³-hybridized carbons (Fsp3) is 0.550. The quantitative estimate of drug-likeness (QED) is 0.632. The molecule has 3 rings (SSSR count). The Morgan fingerprint density at radius 2 is 2.03 bits per heavy atom. The van der Waals surface area contributed by atoms with Gasteiger partial charge in [-0.15, -0.1) is 11.8 Å². The van der Waals surface area contributed by atoms with E-state index in [0.717, 1.165) is 12.0 Å². The van der Waals surface area contributed by atoms with Crippen LogP contribution < -0.4 is 14.8 Å². The minimum absolute atomic E-state index is 0.0289. The zero-order valence-electron chi connectivity index (χ0n) is 16.9. The first-order valence-electron chi connectivity index (χ1n) is 9.48. The van der Waals surface area contributed by atoms with E-state index in [1.165, 1.54) is 0 Å². The molecule has 8 nitrogen and oxygen atoms in total. The highest BCUT2D eigenvalue weighted by Crippen LogP contribution is 2.47. The first-order valence-corrected chi connectivity index (χ1v) is 10.5. The molecule has 1 N–H and O–H groups in total. The molecule has 0 spiro atoms. The molecular formula is C20H26N2O6S. The number of nitrogens with zero attached hydrogens (tertiary/aromatic N) is 1. The maximum atomic E-state index is 12.4. The van der Waals surface area contributed by atoms with Gasteiger partial charge in [0.15, 0.2) is 18.1 Å². The van der Waals surface area contributed by atoms with Gasteiger partial charge >= 0.3 is 5.97 Å². The molecule has 0 aliphatic carbocycles. The lowest BCUT2D eigenvalue weighted by atomic mass is 10.1. The van der Waals surface area contributed by atoms with Gasteiger partial charge in [0.2, 0.25) is 5.91 Å². The Kier molecular flexibility index (Phi) is 6.56. The van der Waals surface area contributed by atoms with Crippen molar-refractivity contribution in [1.82, 2.24) is 10.2 Å². The molecule has 0 saturated carbocycles. The summed E-state index contributed by atoms with van der Waals surface area (Å²) in [6.07, 6.45) is 1.78. The minimum atomic E-state index is -0.612. The van der Waals surface area contributed by atoms with Crippen LogP contribution in [-0.2, 0) is 25.5 Å². The zero-order valence-corrected chi connectivity index (χ0v) is 17.7. The number of carbonyl (C=O) groups excluding carboxylic acids is 3. The van der Waals surface area contributed by atoms with Crippen molar-refractivity contribution < 1.29 is 28.6 Å². The summed E-state index contributed by atoms with van der Waals surface area (Å²) in [5, 5.41) is 2.73. The van der Waals surface area contributed by atoms with Crippen LogP contribution in [-0.4, -0.2) is 66.7 Å². The lowest BCUT2D eigenvalue weighted by Crippen LogP contribution is -2.47. The predicted molar refractivity (Wildman–Crippen MR) is 108 cm³/mol. The molecule has 2 saturated heterocycles. The largest absolute Gasteiger partial charge is 0.493 e. The molecule has 1 aromatic carbocycles. The van der Waals surface area contributed by atoms with Crippen LogP contribution in [0.5, 0.6) is 11.5 Å². The van der Waals surface area contributed by atoms with Gasteiger partial charge in [0.05, 0.1) is 19.1 Å². The van der Waals surface area contributed by atoms with Gasteiger partial charge in [-0.3, -0.25) is 9.59 Å². The number of amides is 2. The van der Waals surface area contributed by atoms with Crippen molar-refractivity contribution in [2.45, 2.75) is 37.1 Å². The SMILES string of the molecule is COc1ccc(CCNC(=O)COC(=O)[C@@H]2CS[C@]3(C)CCC(=O)N23)cc1OC. The molecular weight excluding hydrogens is 396 g/mol. The number of carbonyl (C=O) groups is 3. The van der Waals surface area contributed by atoms with Crippen molar-refractivity contribution in [3.8, 4) is 11.5 Å². The van der Waals surface area contributed by atoms with E-state index in [-0.39, 0.29) is 23.3 Å². The maximum absolute atomic E-state index is 12.4. The van der Waals surface area contributed by atoms with E-state index in [4.69, 9.17) is 14.2 Å². The second-order valence-corrected chi connectivity index (χ2v) is 8.66. The number of hydrogen-bond acceptors (Lipinski definition) is 7. The molecule has 158 valence electrons. The Bertz CT molecular complexity index is 801. The summed E-state index contributed by atoms with van der Waals surface area (Å²) in [4.78, 5) is 37.8. The average Bonchev–Trinajstić information content (AvgIpc) is 3.21. The van der Waals surface area contributed by atoms with Crippen LogP contribution in [0.4, 0.5) is 0 Å². The first kappa shape index (κ1) is 21.3. The molecule has 2 amide bonds. The predicted octanol–water partition coefficient (Wildman–Crippen LogP) is 1.36. The van der Waals surface area contributed by atoms with Crippen LogP contribution in [0.1, 0.15) is 25.3 Å². The Balaban J connectivity index is 1.42. The van der Waals surface area contributed by atoms with Crippen LogP contribution in [0, 0.1) is 0 Å². The second-order valence-electron chi connectivity index (χ2n) is 7.16. The number of fused-ring (bicyclic) bond motifs is 1. The fourth-order valence-corrected chi connectivity index (χ4v) is 5.08.